The molecule has 16 heavy (non-hydrogen) atoms. The highest BCUT2D eigenvalue weighted by atomic mass is 16.3. The monoisotopic (exact) mass is 228 g/mol. The number of aliphatic hydroxyl groups excluding tert-OH is 1. The van der Waals surface area contributed by atoms with E-state index in [4.69, 9.17) is 0 Å². The summed E-state index contributed by atoms with van der Waals surface area (Å²) in [6.45, 7) is 6.57. The van der Waals surface area contributed by atoms with E-state index in [1.807, 2.05) is 0 Å². The van der Waals surface area contributed by atoms with Gasteiger partial charge in [0.15, 0.2) is 0 Å². The molecule has 1 rings (SSSR count). The molecule has 3 atom stereocenters. The van der Waals surface area contributed by atoms with Crippen LogP contribution in [-0.4, -0.2) is 48.8 Å². The first kappa shape index (κ1) is 13.9. The standard InChI is InChI=1S/C13H28N2O/c1-4-14-12(10-16)9-15(3)13-8-6-5-7-11(13)2/h11-14,16H,4-10H2,1-3H3. The van der Waals surface area contributed by atoms with Crippen molar-refractivity contribution >= 4 is 0 Å². The highest BCUT2D eigenvalue weighted by molar-refractivity contribution is 4.81. The fourth-order valence-electron chi connectivity index (χ4n) is 2.91. The van der Waals surface area contributed by atoms with Crippen LogP contribution in [0.25, 0.3) is 0 Å². The van der Waals surface area contributed by atoms with Gasteiger partial charge in [-0.2, -0.15) is 0 Å². The molecule has 96 valence electrons. The van der Waals surface area contributed by atoms with E-state index in [0.29, 0.717) is 6.04 Å². The topological polar surface area (TPSA) is 35.5 Å². The summed E-state index contributed by atoms with van der Waals surface area (Å²) < 4.78 is 0. The molecule has 1 aliphatic rings. The van der Waals surface area contributed by atoms with Crippen molar-refractivity contribution in [3.05, 3.63) is 0 Å². The number of likely N-dealkylation sites (N-methyl/N-ethyl adjacent to an activating group) is 2. The minimum atomic E-state index is 0.226. The number of nitrogens with zero attached hydrogens (tertiary/aromatic N) is 1. The van der Waals surface area contributed by atoms with Crippen LogP contribution < -0.4 is 5.32 Å². The Labute approximate surface area is 100 Å². The number of hydrogen-bond donors (Lipinski definition) is 2. The smallest absolute Gasteiger partial charge is 0.0597 e. The van der Waals surface area contributed by atoms with Gasteiger partial charge in [0.1, 0.15) is 0 Å². The molecule has 3 heteroatoms. The molecule has 1 fully saturated rings. The third-order valence-corrected chi connectivity index (χ3v) is 3.85. The Morgan fingerprint density at radius 2 is 2.06 bits per heavy atom. The average Bonchev–Trinajstić information content (AvgIpc) is 2.28. The molecule has 0 aromatic heterocycles. The number of rotatable bonds is 6. The van der Waals surface area contributed by atoms with Crippen LogP contribution >= 0.6 is 0 Å². The molecule has 1 aliphatic carbocycles. The highest BCUT2D eigenvalue weighted by Gasteiger charge is 2.25. The van der Waals surface area contributed by atoms with Crippen LogP contribution in [0.5, 0.6) is 0 Å². The second kappa shape index (κ2) is 7.25. The van der Waals surface area contributed by atoms with Crippen LogP contribution in [0.3, 0.4) is 0 Å². The lowest BCUT2D eigenvalue weighted by Crippen LogP contribution is -2.48. The summed E-state index contributed by atoms with van der Waals surface area (Å²) in [5, 5.41) is 12.6. The van der Waals surface area contributed by atoms with E-state index in [0.717, 1.165) is 19.0 Å². The minimum absolute atomic E-state index is 0.226. The van der Waals surface area contributed by atoms with Crippen molar-refractivity contribution in [3.63, 3.8) is 0 Å². The fourth-order valence-corrected chi connectivity index (χ4v) is 2.91. The second-order valence-electron chi connectivity index (χ2n) is 5.21. The van der Waals surface area contributed by atoms with Crippen LogP contribution in [0, 0.1) is 5.92 Å². The summed E-state index contributed by atoms with van der Waals surface area (Å²) in [4.78, 5) is 2.44. The zero-order chi connectivity index (χ0) is 12.0. The van der Waals surface area contributed by atoms with Crippen LogP contribution in [0.2, 0.25) is 0 Å². The van der Waals surface area contributed by atoms with Crippen LogP contribution in [0.15, 0.2) is 0 Å². The lowest BCUT2D eigenvalue weighted by atomic mass is 9.85. The van der Waals surface area contributed by atoms with E-state index in [9.17, 15) is 5.11 Å². The van der Waals surface area contributed by atoms with Gasteiger partial charge in [-0.25, -0.2) is 0 Å². The summed E-state index contributed by atoms with van der Waals surface area (Å²) in [7, 11) is 2.20. The van der Waals surface area contributed by atoms with E-state index in [2.05, 4.69) is 31.1 Å². The summed E-state index contributed by atoms with van der Waals surface area (Å²) in [6.07, 6.45) is 5.44. The number of aliphatic hydroxyl groups is 1. The van der Waals surface area contributed by atoms with Crippen LogP contribution in [-0.2, 0) is 0 Å². The quantitative estimate of drug-likeness (QED) is 0.722. The van der Waals surface area contributed by atoms with Crippen LogP contribution in [0.1, 0.15) is 39.5 Å². The minimum Gasteiger partial charge on any atom is -0.395 e. The predicted octanol–water partition coefficient (Wildman–Crippen LogP) is 1.47. The van der Waals surface area contributed by atoms with Crippen molar-refractivity contribution < 1.29 is 5.11 Å². The van der Waals surface area contributed by atoms with Gasteiger partial charge in [-0.15, -0.1) is 0 Å². The molecule has 3 nitrogen and oxygen atoms in total. The second-order valence-corrected chi connectivity index (χ2v) is 5.21. The molecule has 0 radical (unpaired) electrons. The predicted molar refractivity (Wildman–Crippen MR) is 68.6 cm³/mol. The highest BCUT2D eigenvalue weighted by Crippen LogP contribution is 2.27. The van der Waals surface area contributed by atoms with Gasteiger partial charge in [0.25, 0.3) is 0 Å². The number of hydrogen-bond acceptors (Lipinski definition) is 3. The lowest BCUT2D eigenvalue weighted by molar-refractivity contribution is 0.113. The first-order valence-electron chi connectivity index (χ1n) is 6.73. The Morgan fingerprint density at radius 3 is 2.62 bits per heavy atom. The normalized spacial score (nSPS) is 28.3. The van der Waals surface area contributed by atoms with Crippen molar-refractivity contribution in [1.29, 1.82) is 0 Å². The van der Waals surface area contributed by atoms with Gasteiger partial charge in [0.05, 0.1) is 6.61 Å². The van der Waals surface area contributed by atoms with E-state index >= 15 is 0 Å². The summed E-state index contributed by atoms with van der Waals surface area (Å²) >= 11 is 0. The van der Waals surface area contributed by atoms with Gasteiger partial charge in [0.2, 0.25) is 0 Å². The molecule has 0 spiro atoms. The Hall–Kier alpha value is -0.120. The van der Waals surface area contributed by atoms with Gasteiger partial charge in [-0.05, 0) is 32.4 Å². The lowest BCUT2D eigenvalue weighted by Gasteiger charge is -2.37. The van der Waals surface area contributed by atoms with Gasteiger partial charge in [-0.3, -0.25) is 0 Å². The summed E-state index contributed by atoms with van der Waals surface area (Å²) in [5.41, 5.74) is 0. The van der Waals surface area contributed by atoms with Gasteiger partial charge >= 0.3 is 0 Å². The fraction of sp³-hybridized carbons (Fsp3) is 1.00. The molecule has 0 saturated heterocycles. The molecule has 3 unspecified atom stereocenters. The van der Waals surface area contributed by atoms with E-state index in [1.54, 1.807) is 0 Å². The maximum atomic E-state index is 9.28. The molecule has 0 aromatic carbocycles. The summed E-state index contributed by atoms with van der Waals surface area (Å²) in [6, 6.07) is 0.936. The first-order chi connectivity index (χ1) is 7.69. The van der Waals surface area contributed by atoms with Crippen molar-refractivity contribution in [2.45, 2.75) is 51.6 Å². The van der Waals surface area contributed by atoms with E-state index < -0.39 is 0 Å². The molecular formula is C13H28N2O. The van der Waals surface area contributed by atoms with E-state index in [1.165, 1.54) is 25.7 Å². The van der Waals surface area contributed by atoms with Gasteiger partial charge < -0.3 is 15.3 Å². The van der Waals surface area contributed by atoms with Crippen molar-refractivity contribution in [1.82, 2.24) is 10.2 Å². The first-order valence-corrected chi connectivity index (χ1v) is 6.73. The Balaban J connectivity index is 2.39. The molecule has 0 aromatic rings. The Kier molecular flexibility index (Phi) is 6.32. The molecule has 2 N–H and O–H groups in total. The Morgan fingerprint density at radius 1 is 1.38 bits per heavy atom. The zero-order valence-corrected chi connectivity index (χ0v) is 11.1. The summed E-state index contributed by atoms with van der Waals surface area (Å²) in [5.74, 6) is 0.805. The molecular weight excluding hydrogens is 200 g/mol. The maximum absolute atomic E-state index is 9.28. The molecule has 0 amide bonds. The average molecular weight is 228 g/mol. The SMILES string of the molecule is CCNC(CO)CN(C)C1CCCCC1C. The molecule has 1 saturated carbocycles. The largest absolute Gasteiger partial charge is 0.395 e. The van der Waals surface area contributed by atoms with Crippen molar-refractivity contribution in [2.75, 3.05) is 26.7 Å². The maximum Gasteiger partial charge on any atom is 0.0597 e. The van der Waals surface area contributed by atoms with Gasteiger partial charge in [0, 0.05) is 18.6 Å². The van der Waals surface area contributed by atoms with Crippen LogP contribution in [0.4, 0.5) is 0 Å². The van der Waals surface area contributed by atoms with Gasteiger partial charge in [-0.1, -0.05) is 26.7 Å². The molecule has 0 aliphatic heterocycles. The number of nitrogens with one attached hydrogen (secondary N) is 1. The molecule has 0 bridgehead atoms. The molecule has 0 heterocycles. The van der Waals surface area contributed by atoms with Crippen molar-refractivity contribution in [3.8, 4) is 0 Å². The third-order valence-electron chi connectivity index (χ3n) is 3.85. The van der Waals surface area contributed by atoms with Crippen molar-refractivity contribution in [2.24, 2.45) is 5.92 Å². The third kappa shape index (κ3) is 4.04. The zero-order valence-electron chi connectivity index (χ0n) is 11.1. The van der Waals surface area contributed by atoms with E-state index in [-0.39, 0.29) is 12.6 Å². The Bertz CT molecular complexity index is 187.